The molecule has 0 atom stereocenters. The van der Waals surface area contributed by atoms with Crippen LogP contribution in [0, 0.1) is 6.92 Å². The third-order valence-corrected chi connectivity index (χ3v) is 4.82. The van der Waals surface area contributed by atoms with E-state index in [0.717, 1.165) is 21.7 Å². The molecular formula is C21H16N2O4S. The highest BCUT2D eigenvalue weighted by molar-refractivity contribution is 7.09. The molecule has 1 N–H and O–H groups in total. The van der Waals surface area contributed by atoms with Crippen LogP contribution in [0.5, 0.6) is 5.75 Å². The van der Waals surface area contributed by atoms with E-state index in [1.165, 1.54) is 6.07 Å². The van der Waals surface area contributed by atoms with Gasteiger partial charge in [-0.3, -0.25) is 4.79 Å². The average molecular weight is 392 g/mol. The zero-order valence-corrected chi connectivity index (χ0v) is 15.8. The number of nitrogens with one attached hydrogen (secondary N) is 1. The maximum absolute atomic E-state index is 12.1. The molecule has 0 aliphatic carbocycles. The molecule has 0 unspecified atom stereocenters. The number of nitrogens with zero attached hydrogens (tertiary/aromatic N) is 1. The number of ether oxygens (including phenoxy) is 1. The predicted octanol–water partition coefficient (Wildman–Crippen LogP) is 4.24. The fraction of sp³-hybridized carbons (Fsp3) is 0.0952. The smallest absolute Gasteiger partial charge is 0.336 e. The highest BCUT2D eigenvalue weighted by Gasteiger charge is 2.07. The Morgan fingerprint density at radius 1 is 1.14 bits per heavy atom. The number of carbonyl (C=O) groups is 1. The molecule has 7 heteroatoms. The summed E-state index contributed by atoms with van der Waals surface area (Å²) in [6, 6.07) is 15.6. The van der Waals surface area contributed by atoms with Gasteiger partial charge >= 0.3 is 5.63 Å². The number of fused-ring (bicyclic) bond motifs is 1. The topological polar surface area (TPSA) is 81.4 Å². The number of hydrogen-bond donors (Lipinski definition) is 1. The first kappa shape index (κ1) is 17.9. The molecule has 140 valence electrons. The Morgan fingerprint density at radius 2 is 1.93 bits per heavy atom. The summed E-state index contributed by atoms with van der Waals surface area (Å²) in [4.78, 5) is 27.9. The van der Waals surface area contributed by atoms with Crippen LogP contribution < -0.4 is 15.7 Å². The van der Waals surface area contributed by atoms with E-state index in [9.17, 15) is 9.59 Å². The van der Waals surface area contributed by atoms with E-state index in [4.69, 9.17) is 9.15 Å². The molecular weight excluding hydrogens is 376 g/mol. The highest BCUT2D eigenvalue weighted by atomic mass is 32.1. The molecule has 28 heavy (non-hydrogen) atoms. The van der Waals surface area contributed by atoms with Crippen LogP contribution in [0.1, 0.15) is 5.01 Å². The fourth-order valence-corrected chi connectivity index (χ4v) is 3.32. The van der Waals surface area contributed by atoms with Crippen molar-refractivity contribution < 1.29 is 13.9 Å². The lowest BCUT2D eigenvalue weighted by molar-refractivity contribution is -0.118. The van der Waals surface area contributed by atoms with Crippen molar-refractivity contribution in [2.75, 3.05) is 11.9 Å². The molecule has 0 fully saturated rings. The van der Waals surface area contributed by atoms with Gasteiger partial charge in [-0.25, -0.2) is 9.78 Å². The van der Waals surface area contributed by atoms with E-state index in [2.05, 4.69) is 10.3 Å². The summed E-state index contributed by atoms with van der Waals surface area (Å²) in [6.45, 7) is 1.81. The molecule has 0 aliphatic heterocycles. The first-order valence-electron chi connectivity index (χ1n) is 8.56. The number of amides is 1. The van der Waals surface area contributed by atoms with E-state index >= 15 is 0 Å². The Hall–Kier alpha value is -3.45. The van der Waals surface area contributed by atoms with E-state index < -0.39 is 5.63 Å². The summed E-state index contributed by atoms with van der Waals surface area (Å²) in [5.41, 5.74) is 2.58. The van der Waals surface area contributed by atoms with Gasteiger partial charge in [-0.1, -0.05) is 12.1 Å². The summed E-state index contributed by atoms with van der Waals surface area (Å²) in [5, 5.41) is 6.59. The van der Waals surface area contributed by atoms with Crippen molar-refractivity contribution >= 4 is 33.9 Å². The molecule has 2 aromatic heterocycles. The zero-order valence-electron chi connectivity index (χ0n) is 15.0. The lowest BCUT2D eigenvalue weighted by Crippen LogP contribution is -2.20. The number of anilines is 1. The number of benzene rings is 2. The van der Waals surface area contributed by atoms with Crippen LogP contribution >= 0.6 is 11.3 Å². The lowest BCUT2D eigenvalue weighted by atomic mass is 10.1. The van der Waals surface area contributed by atoms with Gasteiger partial charge < -0.3 is 14.5 Å². The Morgan fingerprint density at radius 3 is 2.68 bits per heavy atom. The van der Waals surface area contributed by atoms with Gasteiger partial charge in [-0.05, 0) is 37.3 Å². The quantitative estimate of drug-likeness (QED) is 0.514. The van der Waals surface area contributed by atoms with Crippen LogP contribution in [0.2, 0.25) is 0 Å². The number of rotatable bonds is 5. The molecule has 0 aliphatic rings. The summed E-state index contributed by atoms with van der Waals surface area (Å²) >= 11 is 1.60. The maximum Gasteiger partial charge on any atom is 0.336 e. The van der Waals surface area contributed by atoms with Crippen molar-refractivity contribution in [3.05, 3.63) is 75.4 Å². The van der Waals surface area contributed by atoms with Crippen LogP contribution in [0.25, 0.3) is 22.2 Å². The summed E-state index contributed by atoms with van der Waals surface area (Å²) in [6.07, 6.45) is 0. The Labute approximate surface area is 164 Å². The fourth-order valence-electron chi connectivity index (χ4n) is 2.70. The number of aryl methyl sites for hydroxylation is 1. The van der Waals surface area contributed by atoms with E-state index in [1.807, 2.05) is 36.6 Å². The van der Waals surface area contributed by atoms with Gasteiger partial charge in [-0.2, -0.15) is 0 Å². The normalized spacial score (nSPS) is 10.8. The molecule has 0 bridgehead atoms. The standard InChI is InChI=1S/C21H16N2O4S/c1-13-22-18(12-28-13)14-2-6-16(7-3-14)23-20(24)11-26-17-8-4-15-5-9-21(25)27-19(15)10-17/h2-10,12H,11H2,1H3,(H,23,24). The van der Waals surface area contributed by atoms with E-state index in [-0.39, 0.29) is 12.5 Å². The Kier molecular flexibility index (Phi) is 4.90. The second-order valence-electron chi connectivity index (χ2n) is 6.12. The van der Waals surface area contributed by atoms with Crippen LogP contribution in [0.15, 0.2) is 69.2 Å². The molecule has 2 heterocycles. The van der Waals surface area contributed by atoms with Crippen molar-refractivity contribution in [1.82, 2.24) is 4.98 Å². The van der Waals surface area contributed by atoms with Crippen molar-refractivity contribution in [3.8, 4) is 17.0 Å². The summed E-state index contributed by atoms with van der Waals surface area (Å²) in [7, 11) is 0. The van der Waals surface area contributed by atoms with E-state index in [0.29, 0.717) is 17.0 Å². The van der Waals surface area contributed by atoms with Gasteiger partial charge in [0.2, 0.25) is 0 Å². The monoisotopic (exact) mass is 392 g/mol. The third-order valence-electron chi connectivity index (χ3n) is 4.05. The zero-order chi connectivity index (χ0) is 19.5. The number of hydrogen-bond acceptors (Lipinski definition) is 6. The molecule has 0 spiro atoms. The minimum absolute atomic E-state index is 0.157. The maximum atomic E-state index is 12.1. The second-order valence-corrected chi connectivity index (χ2v) is 7.18. The first-order valence-corrected chi connectivity index (χ1v) is 9.44. The van der Waals surface area contributed by atoms with Crippen LogP contribution in [-0.2, 0) is 4.79 Å². The summed E-state index contributed by atoms with van der Waals surface area (Å²) < 4.78 is 10.6. The predicted molar refractivity (Wildman–Crippen MR) is 109 cm³/mol. The SMILES string of the molecule is Cc1nc(-c2ccc(NC(=O)COc3ccc4ccc(=O)oc4c3)cc2)cs1. The molecule has 6 nitrogen and oxygen atoms in total. The second kappa shape index (κ2) is 7.66. The van der Waals surface area contributed by atoms with Crippen molar-refractivity contribution in [1.29, 1.82) is 0 Å². The van der Waals surface area contributed by atoms with Crippen LogP contribution in [0.4, 0.5) is 5.69 Å². The number of thiazole rings is 1. The molecule has 1 amide bonds. The number of carbonyl (C=O) groups excluding carboxylic acids is 1. The minimum Gasteiger partial charge on any atom is -0.484 e. The third kappa shape index (κ3) is 4.10. The molecule has 4 rings (SSSR count). The van der Waals surface area contributed by atoms with Gasteiger partial charge in [0, 0.05) is 34.1 Å². The highest BCUT2D eigenvalue weighted by Crippen LogP contribution is 2.23. The molecule has 0 saturated carbocycles. The number of aromatic nitrogens is 1. The largest absolute Gasteiger partial charge is 0.484 e. The van der Waals surface area contributed by atoms with Gasteiger partial charge in [0.05, 0.1) is 10.7 Å². The lowest BCUT2D eigenvalue weighted by Gasteiger charge is -2.08. The average Bonchev–Trinajstić information content (AvgIpc) is 3.13. The van der Waals surface area contributed by atoms with Gasteiger partial charge in [-0.15, -0.1) is 11.3 Å². The van der Waals surface area contributed by atoms with Gasteiger partial charge in [0.1, 0.15) is 11.3 Å². The van der Waals surface area contributed by atoms with Crippen LogP contribution in [-0.4, -0.2) is 17.5 Å². The van der Waals surface area contributed by atoms with Gasteiger partial charge in [0.15, 0.2) is 6.61 Å². The van der Waals surface area contributed by atoms with E-state index in [1.54, 1.807) is 35.6 Å². The Balaban J connectivity index is 1.37. The molecule has 4 aromatic rings. The van der Waals surface area contributed by atoms with Crippen molar-refractivity contribution in [3.63, 3.8) is 0 Å². The van der Waals surface area contributed by atoms with Crippen molar-refractivity contribution in [2.24, 2.45) is 0 Å². The van der Waals surface area contributed by atoms with Crippen molar-refractivity contribution in [2.45, 2.75) is 6.92 Å². The first-order chi connectivity index (χ1) is 13.6. The van der Waals surface area contributed by atoms with Gasteiger partial charge in [0.25, 0.3) is 5.91 Å². The molecule has 0 radical (unpaired) electrons. The molecule has 2 aromatic carbocycles. The summed E-state index contributed by atoms with van der Waals surface area (Å²) in [5.74, 6) is 0.165. The van der Waals surface area contributed by atoms with Crippen LogP contribution in [0.3, 0.4) is 0 Å². The molecule has 0 saturated heterocycles. The minimum atomic E-state index is -0.432. The Bertz CT molecular complexity index is 1190.